The predicted molar refractivity (Wildman–Crippen MR) is 283 cm³/mol. The number of carbonyl (C=O) groups excluding carboxylic acids is 9. The Labute approximate surface area is 454 Å². The second-order valence-corrected chi connectivity index (χ2v) is 22.4. The maximum Gasteiger partial charge on any atom is 0.270 e. The zero-order chi connectivity index (χ0) is 55.8. The Kier molecular flexibility index (Phi) is 18.6. The van der Waals surface area contributed by atoms with E-state index < -0.39 is 83.5 Å². The van der Waals surface area contributed by atoms with Crippen LogP contribution in [0, 0.1) is 29.6 Å². The summed E-state index contributed by atoms with van der Waals surface area (Å²) in [5.74, 6) is -0.919. The number of halogens is 2. The van der Waals surface area contributed by atoms with Crippen LogP contribution in [0.1, 0.15) is 168 Å². The van der Waals surface area contributed by atoms with Crippen molar-refractivity contribution in [3.63, 3.8) is 0 Å². The Morgan fingerprint density at radius 1 is 0.923 bits per heavy atom. The highest BCUT2D eigenvalue weighted by Crippen LogP contribution is 2.37. The molecule has 1 saturated carbocycles. The van der Waals surface area contributed by atoms with Gasteiger partial charge >= 0.3 is 0 Å². The van der Waals surface area contributed by atoms with Gasteiger partial charge < -0.3 is 36.2 Å². The number of Topliss-reactive ketones (excluding diaryl/α,β-unsaturated/α-hetero) is 1. The Bertz CT molecular complexity index is 2730. The summed E-state index contributed by atoms with van der Waals surface area (Å²) in [6.45, 7) is 3.69. The normalized spacial score (nSPS) is 24.2. The first-order chi connectivity index (χ1) is 37.2. The summed E-state index contributed by atoms with van der Waals surface area (Å²) < 4.78 is 27.7. The van der Waals surface area contributed by atoms with E-state index >= 15 is 0 Å². The number of primary amides is 1. The van der Waals surface area contributed by atoms with Crippen molar-refractivity contribution in [1.29, 1.82) is 0 Å². The molecule has 4 saturated heterocycles. The number of benzene rings is 2. The lowest BCUT2D eigenvalue weighted by atomic mass is 9.76. The fourth-order valence-electron chi connectivity index (χ4n) is 12.5. The molecule has 2 aromatic rings. The van der Waals surface area contributed by atoms with Crippen LogP contribution in [0.25, 0.3) is 5.57 Å². The van der Waals surface area contributed by atoms with Crippen LogP contribution in [0.4, 0.5) is 8.78 Å². The molecule has 0 aromatic heterocycles. The Morgan fingerprint density at radius 3 is 2.35 bits per heavy atom. The summed E-state index contributed by atoms with van der Waals surface area (Å²) in [5, 5.41) is 18.9. The molecule has 418 valence electrons. The first-order valence-electron chi connectivity index (χ1n) is 27.9. The Morgan fingerprint density at radius 2 is 1.65 bits per heavy atom. The van der Waals surface area contributed by atoms with Crippen molar-refractivity contribution >= 4 is 58.6 Å². The van der Waals surface area contributed by atoms with Crippen molar-refractivity contribution in [3.8, 4) is 11.8 Å². The quantitative estimate of drug-likeness (QED) is 0.0775. The minimum absolute atomic E-state index is 0.0531. The van der Waals surface area contributed by atoms with Crippen LogP contribution in [0.15, 0.2) is 48.5 Å². The van der Waals surface area contributed by atoms with E-state index in [1.54, 1.807) is 19.1 Å². The van der Waals surface area contributed by atoms with E-state index in [2.05, 4.69) is 27.8 Å². The van der Waals surface area contributed by atoms with E-state index in [-0.39, 0.29) is 93.5 Å². The molecule has 78 heavy (non-hydrogen) atoms. The number of rotatable bonds is 17. The zero-order valence-corrected chi connectivity index (χ0v) is 44.7. The number of nitrogens with zero attached hydrogens (tertiary/aromatic N) is 3. The zero-order valence-electron chi connectivity index (χ0n) is 44.7. The average molecular weight is 1080 g/mol. The molecule has 5 fully saturated rings. The van der Waals surface area contributed by atoms with Crippen molar-refractivity contribution in [1.82, 2.24) is 30.7 Å². The Hall–Kier alpha value is -6.81. The summed E-state index contributed by atoms with van der Waals surface area (Å²) in [4.78, 5) is 126. The number of piperidine rings is 2. The fraction of sp³-hybridized carbons (Fsp3) is 0.576. The number of carbonyl (C=O) groups is 9. The third-order valence-electron chi connectivity index (χ3n) is 17.0. The lowest BCUT2D eigenvalue weighted by Crippen LogP contribution is -2.58. The van der Waals surface area contributed by atoms with Crippen LogP contribution >= 0.6 is 0 Å². The van der Waals surface area contributed by atoms with Gasteiger partial charge in [-0.05, 0) is 125 Å². The van der Waals surface area contributed by atoms with Crippen molar-refractivity contribution < 1.29 is 57.0 Å². The molecule has 17 nitrogen and oxygen atoms in total. The molecule has 0 spiro atoms. The summed E-state index contributed by atoms with van der Waals surface area (Å²) >= 11 is 0. The molecule has 0 radical (unpaired) electrons. The van der Waals surface area contributed by atoms with Gasteiger partial charge in [-0.1, -0.05) is 61.4 Å². The lowest BCUT2D eigenvalue weighted by Gasteiger charge is -2.38. The van der Waals surface area contributed by atoms with E-state index in [9.17, 15) is 57.0 Å². The summed E-state index contributed by atoms with van der Waals surface area (Å²) in [6, 6.07) is 6.29. The molecule has 8 rings (SSSR count). The number of hydrogen-bond acceptors (Lipinski definition) is 10. The first kappa shape index (κ1) is 57.4. The maximum absolute atomic E-state index is 14.6. The molecule has 8 amide bonds. The summed E-state index contributed by atoms with van der Waals surface area (Å²) in [5.41, 5.74) is 8.38. The standard InChI is InChI=1S/C59H73F2N7O10/c1-35(37-15-17-40(18-16-37)59(2,60)61)31-53(73)63-47-21-20-42(69)32-41-19-23-49(68(41)58(47)78)55(75)64-46(22-25-51(62)71)50(70)33-44(38-10-4-3-5-11-38)56(76)66-29-27-36(28-30-66)9-6-7-12-39-13-8-14-43-45(39)34-67(57(43)77)48-24-26-52(72)65-54(48)74/h8,13-18,31,36,38,41-42,44,46-49,69H,3-6,9-11,19-30,32-34H2,1-2H3,(H2,62,71)(H,63,73)(H,64,75)(H,65,72,74)/b35-31+/t41-,42-,44+,46+,47+,48?,49+/m1/s1. The van der Waals surface area contributed by atoms with E-state index in [4.69, 9.17) is 5.73 Å². The van der Waals surface area contributed by atoms with Crippen LogP contribution in [0.2, 0.25) is 0 Å². The topological polar surface area (TPSA) is 246 Å². The maximum atomic E-state index is 14.6. The van der Waals surface area contributed by atoms with Gasteiger partial charge in [0.1, 0.15) is 18.1 Å². The molecule has 5 aliphatic heterocycles. The van der Waals surface area contributed by atoms with Crippen molar-refractivity contribution in [2.75, 3.05) is 13.1 Å². The molecule has 19 heteroatoms. The first-order valence-corrected chi connectivity index (χ1v) is 27.9. The van der Waals surface area contributed by atoms with Crippen LogP contribution in [-0.4, -0.2) is 122 Å². The van der Waals surface area contributed by atoms with Gasteiger partial charge in [0.2, 0.25) is 41.4 Å². The van der Waals surface area contributed by atoms with Gasteiger partial charge in [0.05, 0.1) is 12.1 Å². The van der Waals surface area contributed by atoms with E-state index in [0.717, 1.165) is 69.4 Å². The lowest BCUT2D eigenvalue weighted by molar-refractivity contribution is -0.145. The number of imide groups is 1. The van der Waals surface area contributed by atoms with E-state index in [0.29, 0.717) is 48.5 Å². The number of aliphatic hydroxyl groups is 1. The predicted octanol–water partition coefficient (Wildman–Crippen LogP) is 5.33. The average Bonchev–Trinajstić information content (AvgIpc) is 4.05. The highest BCUT2D eigenvalue weighted by molar-refractivity contribution is 6.06. The molecular weight excluding hydrogens is 1000 g/mol. The molecule has 7 atom stereocenters. The number of alkyl halides is 2. The number of fused-ring (bicyclic) bond motifs is 2. The number of ketones is 1. The van der Waals surface area contributed by atoms with Crippen LogP contribution in [0.5, 0.6) is 0 Å². The summed E-state index contributed by atoms with van der Waals surface area (Å²) in [7, 11) is 0. The molecule has 5 heterocycles. The molecule has 0 bridgehead atoms. The molecular formula is C59H73F2N7O10. The largest absolute Gasteiger partial charge is 0.393 e. The number of amides is 8. The second-order valence-electron chi connectivity index (χ2n) is 22.4. The number of nitrogens with one attached hydrogen (secondary N) is 3. The molecule has 1 unspecified atom stereocenters. The number of aliphatic hydroxyl groups excluding tert-OH is 1. The third-order valence-corrected chi connectivity index (χ3v) is 17.0. The summed E-state index contributed by atoms with van der Waals surface area (Å²) in [6.07, 6.45) is 8.82. The van der Waals surface area contributed by atoms with Gasteiger partial charge in [-0.25, -0.2) is 8.78 Å². The number of allylic oxidation sites excluding steroid dienone is 1. The van der Waals surface area contributed by atoms with Crippen molar-refractivity contribution in [2.45, 2.75) is 185 Å². The van der Waals surface area contributed by atoms with Crippen molar-refractivity contribution in [2.24, 2.45) is 23.5 Å². The van der Waals surface area contributed by atoms with Crippen LogP contribution in [-0.2, 0) is 50.8 Å². The molecule has 1 aliphatic carbocycles. The highest BCUT2D eigenvalue weighted by Gasteiger charge is 2.47. The van der Waals surface area contributed by atoms with E-state index in [1.807, 2.05) is 11.0 Å². The van der Waals surface area contributed by atoms with Gasteiger partial charge in [-0.15, -0.1) is 0 Å². The molecule has 6 N–H and O–H groups in total. The highest BCUT2D eigenvalue weighted by atomic mass is 19.3. The van der Waals surface area contributed by atoms with Gasteiger partial charge in [-0.2, -0.15) is 0 Å². The molecule has 2 aromatic carbocycles. The SMILES string of the molecule is C/C(=C\C(=O)N[C@H]1CC[C@@H](O)C[C@H]2CC[C@@H](C(=O)N[C@@H](CCC(N)=O)C(=O)C[C@H](C(=O)N3CCC(CCC#Cc4cccc5c4CN(C4CCC(=O)NC4=O)C5=O)CC3)C3CCCCC3)N2C1=O)c1ccc(C(C)(F)F)cc1. The minimum Gasteiger partial charge on any atom is -0.393 e. The number of hydrogen-bond donors (Lipinski definition) is 5. The third kappa shape index (κ3) is 13.9. The number of likely N-dealkylation sites (tertiary alicyclic amines) is 1. The van der Waals surface area contributed by atoms with Crippen LogP contribution < -0.4 is 21.7 Å². The second kappa shape index (κ2) is 25.3. The van der Waals surface area contributed by atoms with Gasteiger partial charge in [0.25, 0.3) is 11.8 Å². The van der Waals surface area contributed by atoms with Gasteiger partial charge in [0, 0.05) is 87.0 Å². The minimum atomic E-state index is -3.04. The number of nitrogens with two attached hydrogens (primary N) is 1. The van der Waals surface area contributed by atoms with Crippen molar-refractivity contribution in [3.05, 3.63) is 76.4 Å². The van der Waals surface area contributed by atoms with E-state index in [1.165, 1.54) is 40.1 Å². The smallest absolute Gasteiger partial charge is 0.270 e. The van der Waals surface area contributed by atoms with Gasteiger partial charge in [-0.3, -0.25) is 48.5 Å². The van der Waals surface area contributed by atoms with Gasteiger partial charge in [0.15, 0.2) is 5.78 Å². The Balaban J connectivity index is 0.884. The molecule has 6 aliphatic rings. The monoisotopic (exact) mass is 1080 g/mol. The van der Waals surface area contributed by atoms with Crippen LogP contribution in [0.3, 0.4) is 0 Å². The fourth-order valence-corrected chi connectivity index (χ4v) is 12.5.